The van der Waals surface area contributed by atoms with Crippen LogP contribution in [0, 0.1) is 0 Å². The molecule has 0 aliphatic carbocycles. The van der Waals surface area contributed by atoms with Gasteiger partial charge in [0.05, 0.1) is 0 Å². The van der Waals surface area contributed by atoms with Crippen LogP contribution in [0.1, 0.15) is 412 Å². The van der Waals surface area contributed by atoms with Crippen LogP contribution in [0.25, 0.3) is 0 Å². The molecule has 0 aromatic rings. The van der Waals surface area contributed by atoms with E-state index in [1.165, 1.54) is 302 Å². The molecule has 0 rings (SSSR count). The second-order valence-electron chi connectivity index (χ2n) is 24.9. The summed E-state index contributed by atoms with van der Waals surface area (Å²) in [6, 6.07) is 0. The van der Waals surface area contributed by atoms with Crippen LogP contribution in [0.15, 0.2) is 24.3 Å². The number of hydrogen-bond acceptors (Lipinski definition) is 6. The van der Waals surface area contributed by atoms with E-state index in [-0.39, 0.29) is 31.1 Å². The van der Waals surface area contributed by atoms with Gasteiger partial charge in [-0.3, -0.25) is 14.4 Å². The summed E-state index contributed by atoms with van der Waals surface area (Å²) in [5.74, 6) is -0.839. The highest BCUT2D eigenvalue weighted by molar-refractivity contribution is 5.71. The monoisotopic (exact) mass is 1130 g/mol. The summed E-state index contributed by atoms with van der Waals surface area (Å²) in [6.45, 7) is 6.70. The van der Waals surface area contributed by atoms with Crippen molar-refractivity contribution in [3.63, 3.8) is 0 Å². The number of carbonyl (C=O) groups excluding carboxylic acids is 3. The molecule has 0 radical (unpaired) electrons. The second-order valence-corrected chi connectivity index (χ2v) is 24.9. The van der Waals surface area contributed by atoms with Crippen LogP contribution in [-0.4, -0.2) is 37.2 Å². The van der Waals surface area contributed by atoms with Gasteiger partial charge in [0.2, 0.25) is 0 Å². The van der Waals surface area contributed by atoms with E-state index in [1.54, 1.807) is 0 Å². The molecule has 1 unspecified atom stereocenters. The molecule has 0 bridgehead atoms. The first-order valence-electron chi connectivity index (χ1n) is 36.3. The van der Waals surface area contributed by atoms with Crippen LogP contribution in [-0.2, 0) is 28.6 Å². The van der Waals surface area contributed by atoms with Gasteiger partial charge < -0.3 is 14.2 Å². The van der Waals surface area contributed by atoms with Crippen molar-refractivity contribution in [2.75, 3.05) is 13.2 Å². The van der Waals surface area contributed by atoms with Crippen LogP contribution in [0.2, 0.25) is 0 Å². The summed E-state index contributed by atoms with van der Waals surface area (Å²) < 4.78 is 17.0. The Morgan fingerprint density at radius 1 is 0.250 bits per heavy atom. The number of allylic oxidation sites excluding steroid dienone is 4. The lowest BCUT2D eigenvalue weighted by Gasteiger charge is -2.18. The molecular weight excluding hydrogens is 985 g/mol. The number of unbranched alkanes of at least 4 members (excludes halogenated alkanes) is 53. The molecular formula is C74H140O6. The largest absolute Gasteiger partial charge is 0.462 e. The minimum Gasteiger partial charge on any atom is -0.462 e. The van der Waals surface area contributed by atoms with Crippen molar-refractivity contribution in [1.82, 2.24) is 0 Å². The highest BCUT2D eigenvalue weighted by Gasteiger charge is 2.19. The Morgan fingerprint density at radius 3 is 0.713 bits per heavy atom. The summed E-state index contributed by atoms with van der Waals surface area (Å²) >= 11 is 0. The van der Waals surface area contributed by atoms with E-state index in [9.17, 15) is 14.4 Å². The van der Waals surface area contributed by atoms with Gasteiger partial charge in [-0.25, -0.2) is 0 Å². The predicted molar refractivity (Wildman–Crippen MR) is 349 cm³/mol. The third kappa shape index (κ3) is 66.7. The molecule has 0 fully saturated rings. The zero-order valence-electron chi connectivity index (χ0n) is 54.4. The molecule has 6 nitrogen and oxygen atoms in total. The van der Waals surface area contributed by atoms with E-state index in [0.29, 0.717) is 19.3 Å². The lowest BCUT2D eigenvalue weighted by molar-refractivity contribution is -0.167. The summed E-state index contributed by atoms with van der Waals surface area (Å²) in [5.41, 5.74) is 0. The maximum Gasteiger partial charge on any atom is 0.306 e. The van der Waals surface area contributed by atoms with Crippen molar-refractivity contribution in [3.05, 3.63) is 24.3 Å². The van der Waals surface area contributed by atoms with Crippen molar-refractivity contribution in [3.8, 4) is 0 Å². The van der Waals surface area contributed by atoms with Gasteiger partial charge in [0, 0.05) is 19.3 Å². The zero-order chi connectivity index (χ0) is 57.8. The Kier molecular flexibility index (Phi) is 67.6. The molecule has 472 valence electrons. The Balaban J connectivity index is 4.26. The fraction of sp³-hybridized carbons (Fsp3) is 0.905. The molecule has 0 aromatic carbocycles. The molecule has 0 saturated heterocycles. The zero-order valence-corrected chi connectivity index (χ0v) is 54.4. The van der Waals surface area contributed by atoms with Gasteiger partial charge in [-0.05, 0) is 51.4 Å². The summed E-state index contributed by atoms with van der Waals surface area (Å²) in [4.78, 5) is 38.5. The van der Waals surface area contributed by atoms with E-state index < -0.39 is 6.10 Å². The van der Waals surface area contributed by atoms with Crippen LogP contribution in [0.5, 0.6) is 0 Å². The molecule has 0 aliphatic rings. The van der Waals surface area contributed by atoms with Gasteiger partial charge in [0.1, 0.15) is 13.2 Å². The number of hydrogen-bond donors (Lipinski definition) is 0. The second kappa shape index (κ2) is 69.4. The molecule has 0 aromatic heterocycles. The van der Waals surface area contributed by atoms with Gasteiger partial charge in [0.25, 0.3) is 0 Å². The predicted octanol–water partition coefficient (Wildman–Crippen LogP) is 25.0. The average Bonchev–Trinajstić information content (AvgIpc) is 3.46. The van der Waals surface area contributed by atoms with Gasteiger partial charge in [-0.1, -0.05) is 366 Å². The quantitative estimate of drug-likeness (QED) is 0.0261. The summed E-state index contributed by atoms with van der Waals surface area (Å²) in [6.07, 6.45) is 85.0. The lowest BCUT2D eigenvalue weighted by Crippen LogP contribution is -2.30. The molecule has 0 aliphatic heterocycles. The highest BCUT2D eigenvalue weighted by Crippen LogP contribution is 2.19. The smallest absolute Gasteiger partial charge is 0.306 e. The topological polar surface area (TPSA) is 78.9 Å². The molecule has 0 N–H and O–H groups in total. The van der Waals surface area contributed by atoms with E-state index in [4.69, 9.17) is 14.2 Å². The molecule has 6 heteroatoms. The summed E-state index contributed by atoms with van der Waals surface area (Å²) in [5, 5.41) is 0. The fourth-order valence-electron chi connectivity index (χ4n) is 11.2. The van der Waals surface area contributed by atoms with Crippen molar-refractivity contribution in [2.45, 2.75) is 419 Å². The standard InChI is InChI=1S/C74H140O6/c1-4-7-10-13-16-19-22-25-28-31-33-35-36-37-38-39-41-43-46-49-52-55-58-61-64-67-73(76)79-70-71(69-78-72(75)66-63-60-57-54-51-48-45-42-30-27-24-21-18-15-12-9-6-3)80-74(77)68-65-62-59-56-53-50-47-44-40-34-32-29-26-23-20-17-14-11-8-5-2/h18,21,27,30,71H,4-17,19-20,22-26,28-29,31-70H2,1-3H3/b21-18-,30-27-. The maximum atomic E-state index is 13.0. The Hall–Kier alpha value is -2.11. The number of esters is 3. The SMILES string of the molecule is CCCCC/C=C\C/C=C\CCCCCCCCCC(=O)OCC(COC(=O)CCCCCCCCCCCCCCCCCCCCCCCCCCC)OC(=O)CCCCCCCCCCCCCCCCCCCCCC. The van der Waals surface area contributed by atoms with Crippen LogP contribution in [0.4, 0.5) is 0 Å². The van der Waals surface area contributed by atoms with Gasteiger partial charge >= 0.3 is 17.9 Å². The molecule has 1 atom stereocenters. The summed E-state index contributed by atoms with van der Waals surface area (Å²) in [7, 11) is 0. The van der Waals surface area contributed by atoms with Crippen molar-refractivity contribution < 1.29 is 28.6 Å². The number of carbonyl (C=O) groups is 3. The third-order valence-corrected chi connectivity index (χ3v) is 16.7. The van der Waals surface area contributed by atoms with Gasteiger partial charge in [-0.15, -0.1) is 0 Å². The van der Waals surface area contributed by atoms with E-state index in [2.05, 4.69) is 45.1 Å². The van der Waals surface area contributed by atoms with E-state index in [0.717, 1.165) is 70.6 Å². The Labute approximate surface area is 500 Å². The van der Waals surface area contributed by atoms with Crippen LogP contribution < -0.4 is 0 Å². The Morgan fingerprint density at radius 2 is 0.450 bits per heavy atom. The number of rotatable bonds is 68. The highest BCUT2D eigenvalue weighted by atomic mass is 16.6. The molecule has 0 saturated carbocycles. The minimum atomic E-state index is -0.772. The first-order valence-corrected chi connectivity index (χ1v) is 36.3. The fourth-order valence-corrected chi connectivity index (χ4v) is 11.2. The molecule has 0 spiro atoms. The average molecular weight is 1130 g/mol. The van der Waals surface area contributed by atoms with E-state index in [1.807, 2.05) is 0 Å². The molecule has 80 heavy (non-hydrogen) atoms. The third-order valence-electron chi connectivity index (χ3n) is 16.7. The van der Waals surface area contributed by atoms with Crippen LogP contribution in [0.3, 0.4) is 0 Å². The van der Waals surface area contributed by atoms with Gasteiger partial charge in [-0.2, -0.15) is 0 Å². The van der Waals surface area contributed by atoms with E-state index >= 15 is 0 Å². The first-order chi connectivity index (χ1) is 39.5. The van der Waals surface area contributed by atoms with Crippen LogP contribution >= 0.6 is 0 Å². The normalized spacial score (nSPS) is 12.1. The van der Waals surface area contributed by atoms with Gasteiger partial charge in [0.15, 0.2) is 6.10 Å². The van der Waals surface area contributed by atoms with Crippen molar-refractivity contribution >= 4 is 17.9 Å². The lowest BCUT2D eigenvalue weighted by atomic mass is 10.0. The Bertz CT molecular complexity index is 1290. The van der Waals surface area contributed by atoms with Crippen molar-refractivity contribution in [1.29, 1.82) is 0 Å². The maximum absolute atomic E-state index is 13.0. The number of ether oxygens (including phenoxy) is 3. The minimum absolute atomic E-state index is 0.0670. The first kappa shape index (κ1) is 77.9. The van der Waals surface area contributed by atoms with Crippen molar-refractivity contribution in [2.24, 2.45) is 0 Å². The molecule has 0 amide bonds. The molecule has 0 heterocycles.